The van der Waals surface area contributed by atoms with Crippen molar-refractivity contribution >= 4 is 35.0 Å². The number of hydrogen-bond donors (Lipinski definition) is 4. The number of anilines is 2. The number of nitrogens with zero attached hydrogens (tertiary/aromatic N) is 1. The van der Waals surface area contributed by atoms with Crippen LogP contribution >= 0.6 is 11.8 Å². The third-order valence-corrected chi connectivity index (χ3v) is 11.6. The summed E-state index contributed by atoms with van der Waals surface area (Å²) in [6, 6.07) is 51.3. The van der Waals surface area contributed by atoms with Gasteiger partial charge in [-0.3, -0.25) is 9.59 Å². The van der Waals surface area contributed by atoms with Crippen LogP contribution in [0.2, 0.25) is 0 Å². The Balaban J connectivity index is 0.913. The zero-order chi connectivity index (χ0) is 42.7. The van der Waals surface area contributed by atoms with Crippen LogP contribution in [-0.4, -0.2) is 33.8 Å². The van der Waals surface area contributed by atoms with Gasteiger partial charge in [0.25, 0.3) is 5.22 Å². The lowest BCUT2D eigenvalue weighted by Gasteiger charge is -2.36. The van der Waals surface area contributed by atoms with Gasteiger partial charge in [-0.2, -0.15) is 0 Å². The van der Waals surface area contributed by atoms with Gasteiger partial charge in [0, 0.05) is 48.3 Å². The van der Waals surface area contributed by atoms with Gasteiger partial charge in [-0.25, -0.2) is 4.98 Å². The predicted molar refractivity (Wildman–Crippen MR) is 244 cm³/mol. The summed E-state index contributed by atoms with van der Waals surface area (Å²) in [5.74, 6) is 1.02. The summed E-state index contributed by atoms with van der Waals surface area (Å²) < 4.78 is 19.7. The monoisotopic (exact) mass is 844 g/mol. The first-order valence-electron chi connectivity index (χ1n) is 20.7. The molecule has 8 rings (SSSR count). The van der Waals surface area contributed by atoms with Gasteiger partial charge >= 0.3 is 0 Å². The number of nitrogens with two attached hydrogens (primary N) is 1. The number of thioether (sulfide) groups is 1. The number of ether oxygens (including phenoxy) is 2. The molecule has 0 saturated carbocycles. The highest BCUT2D eigenvalue weighted by Crippen LogP contribution is 2.41. The second-order valence-corrected chi connectivity index (χ2v) is 16.1. The highest BCUT2D eigenvalue weighted by molar-refractivity contribution is 7.99. The van der Waals surface area contributed by atoms with Crippen molar-refractivity contribution in [1.82, 2.24) is 10.3 Å². The van der Waals surface area contributed by atoms with E-state index in [1.807, 2.05) is 121 Å². The second-order valence-electron chi connectivity index (χ2n) is 15.1. The molecule has 2 heterocycles. The zero-order valence-electron chi connectivity index (χ0n) is 34.1. The van der Waals surface area contributed by atoms with Crippen LogP contribution in [0.3, 0.4) is 0 Å². The van der Waals surface area contributed by atoms with Crippen LogP contribution in [-0.2, 0) is 32.2 Å². The van der Waals surface area contributed by atoms with Gasteiger partial charge in [-0.05, 0) is 52.4 Å². The van der Waals surface area contributed by atoms with Gasteiger partial charge in [0.1, 0.15) is 5.69 Å². The number of para-hydroxylation sites is 2. The molecule has 7 aromatic rings. The van der Waals surface area contributed by atoms with E-state index in [4.69, 9.17) is 24.6 Å². The van der Waals surface area contributed by atoms with Gasteiger partial charge in [0.05, 0.1) is 30.2 Å². The summed E-state index contributed by atoms with van der Waals surface area (Å²) in [7, 11) is 0. The maximum Gasteiger partial charge on any atom is 0.256 e. The zero-order valence-corrected chi connectivity index (χ0v) is 34.9. The lowest BCUT2D eigenvalue weighted by molar-refractivity contribution is -0.245. The normalized spacial score (nSPS) is 16.1. The van der Waals surface area contributed by atoms with Crippen molar-refractivity contribution in [3.05, 3.63) is 180 Å². The quantitative estimate of drug-likeness (QED) is 0.0551. The minimum absolute atomic E-state index is 0.0270. The Labute approximate surface area is 365 Å². The molecule has 62 heavy (non-hydrogen) atoms. The SMILES string of the molecule is Nc1ccccc1NC(=O)CCCC(=O)NCc1cccc(-c2ccc(C3OC(CSc4nc(-c5ccccc5)c(-c5ccccc5)o4)CC(c4ccc(CO)cc4)O3)cc2)c1. The van der Waals surface area contributed by atoms with Gasteiger partial charge in [0.2, 0.25) is 11.8 Å². The highest BCUT2D eigenvalue weighted by atomic mass is 32.2. The predicted octanol–water partition coefficient (Wildman–Crippen LogP) is 10.5. The summed E-state index contributed by atoms with van der Waals surface area (Å²) in [5, 5.41) is 16.0. The third-order valence-electron chi connectivity index (χ3n) is 10.7. The minimum atomic E-state index is -0.626. The van der Waals surface area contributed by atoms with Crippen molar-refractivity contribution in [1.29, 1.82) is 0 Å². The number of nitrogens with one attached hydrogen (secondary N) is 2. The van der Waals surface area contributed by atoms with E-state index in [0.717, 1.165) is 56.0 Å². The van der Waals surface area contributed by atoms with E-state index in [0.29, 0.717) is 41.7 Å². The van der Waals surface area contributed by atoms with E-state index < -0.39 is 6.29 Å². The number of aliphatic hydroxyl groups excluding tert-OH is 1. The molecule has 1 aromatic heterocycles. The van der Waals surface area contributed by atoms with E-state index in [9.17, 15) is 14.7 Å². The number of carbonyl (C=O) groups excluding carboxylic acids is 2. The third kappa shape index (κ3) is 10.9. The number of aliphatic hydroxyl groups is 1. The van der Waals surface area contributed by atoms with Crippen molar-refractivity contribution < 1.29 is 28.6 Å². The van der Waals surface area contributed by atoms with E-state index in [2.05, 4.69) is 28.8 Å². The molecule has 0 bridgehead atoms. The lowest BCUT2D eigenvalue weighted by atomic mass is 9.99. The molecule has 1 aliphatic rings. The van der Waals surface area contributed by atoms with Gasteiger partial charge in [-0.15, -0.1) is 0 Å². The number of carbonyl (C=O) groups is 2. The Morgan fingerprint density at radius 2 is 1.37 bits per heavy atom. The van der Waals surface area contributed by atoms with Gasteiger partial charge < -0.3 is 35.4 Å². The molecule has 3 unspecified atom stereocenters. The summed E-state index contributed by atoms with van der Waals surface area (Å²) in [6.07, 6.45) is 0.451. The molecule has 0 aliphatic carbocycles. The molecule has 10 nitrogen and oxygen atoms in total. The Morgan fingerprint density at radius 1 is 0.694 bits per heavy atom. The second kappa shape index (κ2) is 20.4. The first-order valence-corrected chi connectivity index (χ1v) is 21.7. The average Bonchev–Trinajstić information content (AvgIpc) is 3.76. The topological polar surface area (TPSA) is 149 Å². The number of aromatic nitrogens is 1. The Hall–Kier alpha value is -6.50. The van der Waals surface area contributed by atoms with Gasteiger partial charge in [-0.1, -0.05) is 151 Å². The molecule has 2 amide bonds. The molecule has 5 N–H and O–H groups in total. The summed E-state index contributed by atoms with van der Waals surface area (Å²) in [6.45, 7) is 0.344. The van der Waals surface area contributed by atoms with Crippen LogP contribution in [0.4, 0.5) is 11.4 Å². The number of amides is 2. The van der Waals surface area contributed by atoms with E-state index in [-0.39, 0.29) is 43.5 Å². The molecule has 1 fully saturated rings. The number of hydrogen-bond acceptors (Lipinski definition) is 9. The molecule has 1 aliphatic heterocycles. The smallest absolute Gasteiger partial charge is 0.256 e. The number of nitrogen functional groups attached to an aromatic ring is 1. The van der Waals surface area contributed by atoms with E-state index in [1.54, 1.807) is 18.2 Å². The van der Waals surface area contributed by atoms with Crippen molar-refractivity contribution in [3.8, 4) is 33.7 Å². The lowest BCUT2D eigenvalue weighted by Crippen LogP contribution is -2.31. The van der Waals surface area contributed by atoms with Crippen LogP contribution in [0.25, 0.3) is 33.7 Å². The standard InChI is InChI=1S/C51H48N4O6S/c52-43-17-7-8-18-44(43)54-47(58)20-10-19-46(57)53-31-35-11-9-16-41(29-35)36-25-27-40(28-26-36)50-59-42(30-45(60-50)37-23-21-34(32-56)22-24-37)33-62-51-55-48(38-12-3-1-4-13-38)49(61-51)39-14-5-2-6-15-39/h1-9,11-18,21-29,42,45,50,56H,10,19-20,30-33,52H2,(H,53,57)(H,54,58). The summed E-state index contributed by atoms with van der Waals surface area (Å²) >= 11 is 1.53. The van der Waals surface area contributed by atoms with Crippen molar-refractivity contribution in [2.75, 3.05) is 16.8 Å². The summed E-state index contributed by atoms with van der Waals surface area (Å²) in [4.78, 5) is 30.0. The largest absolute Gasteiger partial charge is 0.431 e. The summed E-state index contributed by atoms with van der Waals surface area (Å²) in [5.41, 5.74) is 15.5. The maximum atomic E-state index is 12.6. The van der Waals surface area contributed by atoms with E-state index >= 15 is 0 Å². The van der Waals surface area contributed by atoms with Crippen molar-refractivity contribution in [2.24, 2.45) is 0 Å². The first kappa shape index (κ1) is 42.2. The van der Waals surface area contributed by atoms with Crippen LogP contribution < -0.4 is 16.4 Å². The number of benzene rings is 6. The fourth-order valence-electron chi connectivity index (χ4n) is 7.34. The van der Waals surface area contributed by atoms with Crippen molar-refractivity contribution in [3.63, 3.8) is 0 Å². The molecular weight excluding hydrogens is 797 g/mol. The van der Waals surface area contributed by atoms with Crippen molar-refractivity contribution in [2.45, 2.75) is 62.6 Å². The molecule has 0 radical (unpaired) electrons. The molecule has 6 aromatic carbocycles. The fourth-order valence-corrected chi connectivity index (χ4v) is 8.18. The Kier molecular flexibility index (Phi) is 13.9. The molecule has 314 valence electrons. The molecule has 3 atom stereocenters. The molecule has 1 saturated heterocycles. The van der Waals surface area contributed by atoms with Crippen LogP contribution in [0.1, 0.15) is 60.3 Å². The highest BCUT2D eigenvalue weighted by Gasteiger charge is 2.33. The van der Waals surface area contributed by atoms with Crippen LogP contribution in [0.15, 0.2) is 167 Å². The average molecular weight is 845 g/mol. The van der Waals surface area contributed by atoms with Gasteiger partial charge in [0.15, 0.2) is 12.1 Å². The molecule has 0 spiro atoms. The number of oxazole rings is 1. The maximum absolute atomic E-state index is 12.6. The van der Waals surface area contributed by atoms with Crippen LogP contribution in [0.5, 0.6) is 0 Å². The molecule has 11 heteroatoms. The van der Waals surface area contributed by atoms with E-state index in [1.165, 1.54) is 11.8 Å². The number of rotatable bonds is 16. The fraction of sp³-hybridized carbons (Fsp3) is 0.196. The van der Waals surface area contributed by atoms with Crippen LogP contribution in [0, 0.1) is 0 Å². The Morgan fingerprint density at radius 3 is 2.11 bits per heavy atom. The first-order chi connectivity index (χ1) is 30.4. The molecular formula is C51H48N4O6S. The Bertz CT molecular complexity index is 2510. The minimum Gasteiger partial charge on any atom is -0.431 e.